The van der Waals surface area contributed by atoms with Crippen LogP contribution in [0.2, 0.25) is 0 Å². The Balaban J connectivity index is 3.10. The topological polar surface area (TPSA) is 20.3 Å². The molecule has 0 heterocycles. The average molecular weight is 220 g/mol. The summed E-state index contributed by atoms with van der Waals surface area (Å²) in [7, 11) is 0. The molecule has 0 aliphatic heterocycles. The molecular formula is C9H8ClF2NO. The highest BCUT2D eigenvalue weighted by molar-refractivity contribution is 6.66. The first-order valence-electron chi connectivity index (χ1n) is 3.98. The fourth-order valence-corrected chi connectivity index (χ4v) is 1.30. The molecule has 14 heavy (non-hydrogen) atoms. The third-order valence-electron chi connectivity index (χ3n) is 1.73. The summed E-state index contributed by atoms with van der Waals surface area (Å²) in [6.45, 7) is 1.87. The van der Waals surface area contributed by atoms with Crippen molar-refractivity contribution >= 4 is 22.7 Å². The maximum Gasteiger partial charge on any atom is 0.320 e. The largest absolute Gasteiger partial charge is 0.320 e. The van der Waals surface area contributed by atoms with Crippen molar-refractivity contribution in [2.75, 3.05) is 11.4 Å². The summed E-state index contributed by atoms with van der Waals surface area (Å²) in [4.78, 5) is 11.9. The molecule has 0 saturated heterocycles. The van der Waals surface area contributed by atoms with Crippen molar-refractivity contribution in [2.45, 2.75) is 6.92 Å². The maximum atomic E-state index is 13.2. The fraction of sp³-hybridized carbons (Fsp3) is 0.222. The summed E-state index contributed by atoms with van der Waals surface area (Å²) in [6.07, 6.45) is 0. The third kappa shape index (κ3) is 2.20. The predicted molar refractivity (Wildman–Crippen MR) is 50.6 cm³/mol. The molecule has 0 unspecified atom stereocenters. The van der Waals surface area contributed by atoms with E-state index in [1.165, 1.54) is 6.07 Å². The Kier molecular flexibility index (Phi) is 3.41. The van der Waals surface area contributed by atoms with Crippen LogP contribution >= 0.6 is 11.6 Å². The Bertz CT molecular complexity index is 357. The molecule has 0 bridgehead atoms. The summed E-state index contributed by atoms with van der Waals surface area (Å²) < 4.78 is 25.7. The molecule has 5 heteroatoms. The number of benzene rings is 1. The first-order valence-corrected chi connectivity index (χ1v) is 4.36. The van der Waals surface area contributed by atoms with Crippen LogP contribution in [-0.2, 0) is 0 Å². The summed E-state index contributed by atoms with van der Waals surface area (Å²) in [6, 6.07) is 2.95. The van der Waals surface area contributed by atoms with Crippen molar-refractivity contribution in [3.05, 3.63) is 29.8 Å². The minimum absolute atomic E-state index is 0.0195. The Hall–Kier alpha value is -1.16. The number of anilines is 1. The Labute approximate surface area is 85.1 Å². The van der Waals surface area contributed by atoms with E-state index in [1.54, 1.807) is 6.92 Å². The van der Waals surface area contributed by atoms with Crippen LogP contribution in [-0.4, -0.2) is 11.9 Å². The minimum atomic E-state index is -0.805. The van der Waals surface area contributed by atoms with Crippen molar-refractivity contribution < 1.29 is 13.6 Å². The molecule has 0 spiro atoms. The first kappa shape index (κ1) is 10.9. The molecule has 2 nitrogen and oxygen atoms in total. The summed E-state index contributed by atoms with van der Waals surface area (Å²) in [5, 5.41) is -0.794. The van der Waals surface area contributed by atoms with Gasteiger partial charge >= 0.3 is 5.37 Å². The van der Waals surface area contributed by atoms with Gasteiger partial charge in [-0.2, -0.15) is 0 Å². The summed E-state index contributed by atoms with van der Waals surface area (Å²) >= 11 is 5.22. The van der Waals surface area contributed by atoms with Gasteiger partial charge in [0, 0.05) is 12.6 Å². The SMILES string of the molecule is CCN(C(=O)Cl)c1ccc(F)cc1F. The molecule has 0 aliphatic rings. The fourth-order valence-electron chi connectivity index (χ4n) is 1.09. The molecule has 0 radical (unpaired) electrons. The number of amides is 1. The number of hydrogen-bond donors (Lipinski definition) is 0. The third-order valence-corrected chi connectivity index (χ3v) is 1.93. The molecule has 0 N–H and O–H groups in total. The maximum absolute atomic E-state index is 13.2. The minimum Gasteiger partial charge on any atom is -0.296 e. The monoisotopic (exact) mass is 219 g/mol. The molecule has 0 atom stereocenters. The average Bonchev–Trinajstić information content (AvgIpc) is 2.09. The van der Waals surface area contributed by atoms with Crippen LogP contribution in [0.15, 0.2) is 18.2 Å². The van der Waals surface area contributed by atoms with E-state index in [-0.39, 0.29) is 12.2 Å². The Morgan fingerprint density at radius 3 is 2.57 bits per heavy atom. The van der Waals surface area contributed by atoms with Crippen LogP contribution in [0.25, 0.3) is 0 Å². The lowest BCUT2D eigenvalue weighted by Crippen LogP contribution is -2.26. The molecule has 0 aliphatic carbocycles. The van der Waals surface area contributed by atoms with E-state index in [0.717, 1.165) is 11.0 Å². The summed E-state index contributed by atoms with van der Waals surface area (Å²) in [5.74, 6) is -1.50. The number of carbonyl (C=O) groups excluding carboxylic acids is 1. The number of carbonyl (C=O) groups is 1. The van der Waals surface area contributed by atoms with Crippen LogP contribution in [0, 0.1) is 11.6 Å². The number of hydrogen-bond acceptors (Lipinski definition) is 1. The highest BCUT2D eigenvalue weighted by Gasteiger charge is 2.15. The molecule has 76 valence electrons. The second-order valence-corrected chi connectivity index (χ2v) is 2.92. The molecule has 1 aromatic carbocycles. The zero-order valence-corrected chi connectivity index (χ0v) is 8.18. The van der Waals surface area contributed by atoms with E-state index in [1.807, 2.05) is 0 Å². The lowest BCUT2D eigenvalue weighted by Gasteiger charge is -2.17. The normalized spacial score (nSPS) is 10.0. The van der Waals surface area contributed by atoms with Gasteiger partial charge in [-0.1, -0.05) is 0 Å². The van der Waals surface area contributed by atoms with Gasteiger partial charge < -0.3 is 0 Å². The van der Waals surface area contributed by atoms with E-state index in [2.05, 4.69) is 0 Å². The van der Waals surface area contributed by atoms with Gasteiger partial charge in [-0.25, -0.2) is 8.78 Å². The van der Waals surface area contributed by atoms with E-state index in [9.17, 15) is 13.6 Å². The Morgan fingerprint density at radius 1 is 1.50 bits per heavy atom. The van der Waals surface area contributed by atoms with Crippen molar-refractivity contribution in [1.29, 1.82) is 0 Å². The molecule has 0 saturated carbocycles. The first-order chi connectivity index (χ1) is 6.56. The lowest BCUT2D eigenvalue weighted by molar-refractivity contribution is 0.264. The highest BCUT2D eigenvalue weighted by Crippen LogP contribution is 2.21. The molecule has 0 aromatic heterocycles. The number of nitrogens with zero attached hydrogens (tertiary/aromatic N) is 1. The van der Waals surface area contributed by atoms with Crippen molar-refractivity contribution in [1.82, 2.24) is 0 Å². The van der Waals surface area contributed by atoms with Gasteiger partial charge in [0.2, 0.25) is 0 Å². The number of halogens is 3. The van der Waals surface area contributed by atoms with Gasteiger partial charge in [0.05, 0.1) is 5.69 Å². The zero-order chi connectivity index (χ0) is 10.7. The highest BCUT2D eigenvalue weighted by atomic mass is 35.5. The number of rotatable bonds is 2. The van der Waals surface area contributed by atoms with Crippen LogP contribution in [0.3, 0.4) is 0 Å². The van der Waals surface area contributed by atoms with Gasteiger partial charge in [-0.15, -0.1) is 0 Å². The molecule has 1 rings (SSSR count). The molecule has 1 amide bonds. The Morgan fingerprint density at radius 2 is 2.14 bits per heavy atom. The van der Waals surface area contributed by atoms with Crippen LogP contribution in [0.4, 0.5) is 19.3 Å². The van der Waals surface area contributed by atoms with Crippen molar-refractivity contribution in [3.63, 3.8) is 0 Å². The molecular weight excluding hydrogens is 212 g/mol. The van der Waals surface area contributed by atoms with E-state index < -0.39 is 17.0 Å². The van der Waals surface area contributed by atoms with Gasteiger partial charge in [-0.3, -0.25) is 9.69 Å². The van der Waals surface area contributed by atoms with E-state index in [0.29, 0.717) is 6.07 Å². The van der Waals surface area contributed by atoms with Crippen molar-refractivity contribution in [2.24, 2.45) is 0 Å². The van der Waals surface area contributed by atoms with Gasteiger partial charge in [0.25, 0.3) is 0 Å². The zero-order valence-electron chi connectivity index (χ0n) is 7.43. The van der Waals surface area contributed by atoms with Crippen LogP contribution in [0.1, 0.15) is 6.92 Å². The van der Waals surface area contributed by atoms with Crippen LogP contribution in [0.5, 0.6) is 0 Å². The quantitative estimate of drug-likeness (QED) is 0.553. The van der Waals surface area contributed by atoms with E-state index in [4.69, 9.17) is 11.6 Å². The lowest BCUT2D eigenvalue weighted by atomic mass is 10.3. The van der Waals surface area contributed by atoms with Gasteiger partial charge in [0.15, 0.2) is 0 Å². The second-order valence-electron chi connectivity index (χ2n) is 2.59. The molecule has 0 fully saturated rings. The van der Waals surface area contributed by atoms with Gasteiger partial charge in [-0.05, 0) is 30.7 Å². The predicted octanol–water partition coefficient (Wildman–Crippen LogP) is 3.15. The second kappa shape index (κ2) is 4.37. The van der Waals surface area contributed by atoms with Crippen molar-refractivity contribution in [3.8, 4) is 0 Å². The van der Waals surface area contributed by atoms with Crippen LogP contribution < -0.4 is 4.90 Å². The summed E-state index contributed by atoms with van der Waals surface area (Å²) in [5.41, 5.74) is -0.0195. The van der Waals surface area contributed by atoms with E-state index >= 15 is 0 Å². The van der Waals surface area contributed by atoms with Gasteiger partial charge in [0.1, 0.15) is 11.6 Å². The molecule has 1 aromatic rings. The standard InChI is InChI=1S/C9H8ClF2NO/c1-2-13(9(10)14)8-4-3-6(11)5-7(8)12/h3-5H,2H2,1H3. The smallest absolute Gasteiger partial charge is 0.296 e.